The summed E-state index contributed by atoms with van der Waals surface area (Å²) in [6, 6.07) is 8.74. The SMILES string of the molecule is CN(C(=O)Cc1occ2ccccc12)C1CCC2(CCCO2)CC1N1CCCC1. The lowest BCUT2D eigenvalue weighted by molar-refractivity contribution is -0.137. The van der Waals surface area contributed by atoms with Crippen molar-refractivity contribution in [2.45, 2.75) is 69.1 Å². The van der Waals surface area contributed by atoms with Crippen LogP contribution in [-0.4, -0.2) is 60.1 Å². The molecule has 1 aromatic carbocycles. The standard InChI is InChI=1S/C24H32N2O3/c1-25(23(27)15-22-19-8-3-2-7-18(19)17-28-22)20-9-11-24(10-6-14-29-24)16-21(20)26-12-4-5-13-26/h2-3,7-8,17,20-21H,4-6,9-16H2,1H3. The Hall–Kier alpha value is -1.85. The summed E-state index contributed by atoms with van der Waals surface area (Å²) in [6.07, 6.45) is 10.2. The largest absolute Gasteiger partial charge is 0.468 e. The lowest BCUT2D eigenvalue weighted by atomic mass is 9.76. The van der Waals surface area contributed by atoms with Crippen LogP contribution in [0, 0.1) is 0 Å². The van der Waals surface area contributed by atoms with Gasteiger partial charge in [-0.3, -0.25) is 9.69 Å². The van der Waals surface area contributed by atoms with E-state index in [9.17, 15) is 4.79 Å². The van der Waals surface area contributed by atoms with Crippen LogP contribution in [-0.2, 0) is 16.0 Å². The van der Waals surface area contributed by atoms with Crippen molar-refractivity contribution >= 4 is 16.7 Å². The van der Waals surface area contributed by atoms with Gasteiger partial charge in [0.15, 0.2) is 0 Å². The van der Waals surface area contributed by atoms with E-state index < -0.39 is 0 Å². The first-order valence-electron chi connectivity index (χ1n) is 11.2. The van der Waals surface area contributed by atoms with Gasteiger partial charge in [-0.15, -0.1) is 0 Å². The number of carbonyl (C=O) groups is 1. The molecule has 1 spiro atoms. The summed E-state index contributed by atoms with van der Waals surface area (Å²) >= 11 is 0. The molecular weight excluding hydrogens is 364 g/mol. The number of hydrogen-bond donors (Lipinski definition) is 0. The first-order valence-corrected chi connectivity index (χ1v) is 11.2. The normalized spacial score (nSPS) is 30.4. The van der Waals surface area contributed by atoms with Gasteiger partial charge in [-0.1, -0.05) is 24.3 Å². The number of fused-ring (bicyclic) bond motifs is 1. The van der Waals surface area contributed by atoms with Crippen molar-refractivity contribution in [1.82, 2.24) is 9.80 Å². The van der Waals surface area contributed by atoms with Gasteiger partial charge in [-0.05, 0) is 58.0 Å². The first kappa shape index (κ1) is 19.1. The minimum Gasteiger partial charge on any atom is -0.468 e. The lowest BCUT2D eigenvalue weighted by Crippen LogP contribution is -2.58. The molecule has 1 saturated carbocycles. The van der Waals surface area contributed by atoms with E-state index in [1.165, 1.54) is 25.7 Å². The van der Waals surface area contributed by atoms with E-state index >= 15 is 0 Å². The predicted molar refractivity (Wildman–Crippen MR) is 113 cm³/mol. The predicted octanol–water partition coefficient (Wildman–Crippen LogP) is 4.00. The summed E-state index contributed by atoms with van der Waals surface area (Å²) in [5.74, 6) is 0.934. The number of ether oxygens (including phenoxy) is 1. The number of benzene rings is 1. The molecule has 1 aliphatic carbocycles. The van der Waals surface area contributed by atoms with Gasteiger partial charge in [0.2, 0.25) is 5.91 Å². The van der Waals surface area contributed by atoms with Gasteiger partial charge in [-0.25, -0.2) is 0 Å². The molecule has 29 heavy (non-hydrogen) atoms. The van der Waals surface area contributed by atoms with Crippen LogP contribution in [0.15, 0.2) is 34.9 Å². The van der Waals surface area contributed by atoms with Crippen LogP contribution >= 0.6 is 0 Å². The molecule has 3 aliphatic rings. The molecule has 2 aromatic rings. The average molecular weight is 397 g/mol. The minimum atomic E-state index is 0.0604. The number of likely N-dealkylation sites (N-methyl/N-ethyl adjacent to an activating group) is 1. The fourth-order valence-corrected chi connectivity index (χ4v) is 5.87. The van der Waals surface area contributed by atoms with Crippen LogP contribution in [0.1, 0.15) is 50.7 Å². The zero-order valence-electron chi connectivity index (χ0n) is 17.4. The maximum atomic E-state index is 13.2. The van der Waals surface area contributed by atoms with Crippen molar-refractivity contribution in [1.29, 1.82) is 0 Å². The molecule has 0 bridgehead atoms. The van der Waals surface area contributed by atoms with E-state index in [0.717, 1.165) is 55.5 Å². The van der Waals surface area contributed by atoms with E-state index in [1.54, 1.807) is 6.26 Å². The highest BCUT2D eigenvalue weighted by molar-refractivity contribution is 5.88. The number of likely N-dealkylation sites (tertiary alicyclic amines) is 1. The van der Waals surface area contributed by atoms with E-state index in [0.29, 0.717) is 12.5 Å². The third kappa shape index (κ3) is 3.59. The van der Waals surface area contributed by atoms with Crippen molar-refractivity contribution in [3.05, 3.63) is 36.3 Å². The first-order chi connectivity index (χ1) is 14.2. The van der Waals surface area contributed by atoms with Crippen molar-refractivity contribution < 1.29 is 13.9 Å². The minimum absolute atomic E-state index is 0.0604. The smallest absolute Gasteiger partial charge is 0.230 e. The molecule has 0 radical (unpaired) electrons. The Labute approximate surface area is 173 Å². The number of hydrogen-bond acceptors (Lipinski definition) is 4. The van der Waals surface area contributed by atoms with Crippen LogP contribution in [0.5, 0.6) is 0 Å². The Morgan fingerprint density at radius 3 is 2.83 bits per heavy atom. The molecule has 1 aromatic heterocycles. The molecule has 5 heteroatoms. The summed E-state index contributed by atoms with van der Waals surface area (Å²) in [6.45, 7) is 3.21. The third-order valence-electron chi connectivity index (χ3n) is 7.51. The molecule has 0 N–H and O–H groups in total. The Bertz CT molecular complexity index is 864. The van der Waals surface area contributed by atoms with Crippen LogP contribution in [0.25, 0.3) is 10.8 Å². The lowest BCUT2D eigenvalue weighted by Gasteiger charge is -2.48. The van der Waals surface area contributed by atoms with Gasteiger partial charge < -0.3 is 14.1 Å². The maximum absolute atomic E-state index is 13.2. The van der Waals surface area contributed by atoms with Crippen LogP contribution < -0.4 is 0 Å². The topological polar surface area (TPSA) is 45.9 Å². The molecule has 2 aliphatic heterocycles. The van der Waals surface area contributed by atoms with Crippen LogP contribution in [0.2, 0.25) is 0 Å². The summed E-state index contributed by atoms with van der Waals surface area (Å²) in [5, 5.41) is 2.11. The molecule has 3 unspecified atom stereocenters. The van der Waals surface area contributed by atoms with Gasteiger partial charge in [-0.2, -0.15) is 0 Å². The number of amides is 1. The zero-order chi connectivity index (χ0) is 19.8. The highest BCUT2D eigenvalue weighted by Gasteiger charge is 2.47. The van der Waals surface area contributed by atoms with E-state index in [-0.39, 0.29) is 17.6 Å². The fraction of sp³-hybridized carbons (Fsp3) is 0.625. The molecule has 1 amide bonds. The van der Waals surface area contributed by atoms with Crippen molar-refractivity contribution in [2.75, 3.05) is 26.7 Å². The van der Waals surface area contributed by atoms with Crippen LogP contribution in [0.4, 0.5) is 0 Å². The molecule has 3 atom stereocenters. The Morgan fingerprint density at radius 1 is 1.21 bits per heavy atom. The number of furan rings is 1. The number of nitrogens with zero attached hydrogens (tertiary/aromatic N) is 2. The Morgan fingerprint density at radius 2 is 2.03 bits per heavy atom. The van der Waals surface area contributed by atoms with E-state index in [4.69, 9.17) is 9.15 Å². The van der Waals surface area contributed by atoms with Crippen molar-refractivity contribution in [2.24, 2.45) is 0 Å². The highest BCUT2D eigenvalue weighted by Crippen LogP contribution is 2.43. The van der Waals surface area contributed by atoms with Crippen molar-refractivity contribution in [3.8, 4) is 0 Å². The average Bonchev–Trinajstić information content (AvgIpc) is 3.50. The Balaban J connectivity index is 1.34. The Kier molecular flexibility index (Phi) is 5.12. The third-order valence-corrected chi connectivity index (χ3v) is 7.51. The molecule has 3 heterocycles. The number of rotatable bonds is 4. The van der Waals surface area contributed by atoms with E-state index in [1.807, 2.05) is 36.2 Å². The van der Waals surface area contributed by atoms with Gasteiger partial charge in [0, 0.05) is 36.5 Å². The number of carbonyl (C=O) groups excluding carboxylic acids is 1. The molecule has 3 fully saturated rings. The molecular formula is C24H32N2O3. The second-order valence-electron chi connectivity index (χ2n) is 9.18. The van der Waals surface area contributed by atoms with Crippen molar-refractivity contribution in [3.63, 3.8) is 0 Å². The quantitative estimate of drug-likeness (QED) is 0.784. The molecule has 156 valence electrons. The van der Waals surface area contributed by atoms with E-state index in [2.05, 4.69) is 4.90 Å². The summed E-state index contributed by atoms with van der Waals surface area (Å²) < 4.78 is 12.0. The monoisotopic (exact) mass is 396 g/mol. The summed E-state index contributed by atoms with van der Waals surface area (Å²) in [7, 11) is 1.99. The summed E-state index contributed by atoms with van der Waals surface area (Å²) in [5.41, 5.74) is 0.0604. The second kappa shape index (κ2) is 7.77. The highest BCUT2D eigenvalue weighted by atomic mass is 16.5. The fourth-order valence-electron chi connectivity index (χ4n) is 5.87. The zero-order valence-corrected chi connectivity index (χ0v) is 17.4. The van der Waals surface area contributed by atoms with Gasteiger partial charge in [0.25, 0.3) is 0 Å². The molecule has 5 nitrogen and oxygen atoms in total. The second-order valence-corrected chi connectivity index (χ2v) is 9.18. The maximum Gasteiger partial charge on any atom is 0.230 e. The summed E-state index contributed by atoms with van der Waals surface area (Å²) in [4.78, 5) is 17.9. The molecule has 5 rings (SSSR count). The van der Waals surface area contributed by atoms with Gasteiger partial charge in [0.1, 0.15) is 5.76 Å². The molecule has 2 saturated heterocycles. The van der Waals surface area contributed by atoms with Gasteiger partial charge in [0.05, 0.1) is 18.3 Å². The van der Waals surface area contributed by atoms with Gasteiger partial charge >= 0.3 is 0 Å². The van der Waals surface area contributed by atoms with Crippen LogP contribution in [0.3, 0.4) is 0 Å².